The van der Waals surface area contributed by atoms with Crippen LogP contribution in [0.4, 0.5) is 0 Å². The lowest BCUT2D eigenvalue weighted by molar-refractivity contribution is -0.218. The zero-order valence-corrected chi connectivity index (χ0v) is 23.0. The van der Waals surface area contributed by atoms with Crippen LogP contribution >= 0.6 is 22.6 Å². The first kappa shape index (κ1) is 24.9. The molecule has 7 fully saturated rings. The van der Waals surface area contributed by atoms with Crippen molar-refractivity contribution in [1.82, 2.24) is 0 Å². The molecule has 0 aromatic carbocycles. The molecule has 0 N–H and O–H groups in total. The van der Waals surface area contributed by atoms with Gasteiger partial charge in [-0.2, -0.15) is 0 Å². The second-order valence-electron chi connectivity index (χ2n) is 12.0. The maximum atomic E-state index is 13.8. The molecule has 8 nitrogen and oxygen atoms in total. The van der Waals surface area contributed by atoms with Crippen LogP contribution < -0.4 is 0 Å². The molecule has 36 heavy (non-hydrogen) atoms. The summed E-state index contributed by atoms with van der Waals surface area (Å²) in [6, 6.07) is 0. The van der Waals surface area contributed by atoms with Gasteiger partial charge in [0, 0.05) is 11.8 Å². The van der Waals surface area contributed by atoms with Crippen molar-refractivity contribution in [3.63, 3.8) is 0 Å². The first-order chi connectivity index (χ1) is 17.3. The van der Waals surface area contributed by atoms with Crippen LogP contribution in [0, 0.1) is 47.3 Å². The highest BCUT2D eigenvalue weighted by atomic mass is 127. The van der Waals surface area contributed by atoms with Gasteiger partial charge in [-0.3, -0.25) is 14.4 Å². The Morgan fingerprint density at radius 1 is 1.03 bits per heavy atom. The quantitative estimate of drug-likeness (QED) is 0.177. The van der Waals surface area contributed by atoms with Crippen LogP contribution in [0.25, 0.3) is 0 Å². The van der Waals surface area contributed by atoms with Gasteiger partial charge in [0.25, 0.3) is 0 Å². The van der Waals surface area contributed by atoms with Gasteiger partial charge in [0.1, 0.15) is 21.7 Å². The van der Waals surface area contributed by atoms with Crippen molar-refractivity contribution in [2.75, 3.05) is 6.61 Å². The monoisotopic (exact) mass is 614 g/mol. The molecule has 6 bridgehead atoms. The molecule has 1 saturated heterocycles. The van der Waals surface area contributed by atoms with E-state index < -0.39 is 48.2 Å². The normalized spacial score (nSPS) is 45.9. The smallest absolute Gasteiger partial charge is 0.344 e. The van der Waals surface area contributed by atoms with E-state index in [-0.39, 0.29) is 27.7 Å². The van der Waals surface area contributed by atoms with Gasteiger partial charge in [-0.25, -0.2) is 4.79 Å². The van der Waals surface area contributed by atoms with Crippen molar-refractivity contribution in [2.45, 2.75) is 86.9 Å². The van der Waals surface area contributed by atoms with Crippen molar-refractivity contribution in [3.8, 4) is 0 Å². The van der Waals surface area contributed by atoms with Gasteiger partial charge in [-0.05, 0) is 75.0 Å². The van der Waals surface area contributed by atoms with Gasteiger partial charge >= 0.3 is 23.9 Å². The van der Waals surface area contributed by atoms with Crippen molar-refractivity contribution >= 4 is 46.5 Å². The lowest BCUT2D eigenvalue weighted by Crippen LogP contribution is -2.60. The Bertz CT molecular complexity index is 935. The number of fused-ring (bicyclic) bond motifs is 1. The predicted octanol–water partition coefficient (Wildman–Crippen LogP) is 3.61. The average molecular weight is 614 g/mol. The molecule has 0 aromatic rings. The molecule has 6 aliphatic carbocycles. The second kappa shape index (κ2) is 9.12. The maximum Gasteiger partial charge on any atom is 0.344 e. The average Bonchev–Trinajstić information content (AvgIpc) is 3.47. The Labute approximate surface area is 225 Å². The molecule has 0 spiro atoms. The Kier molecular flexibility index (Phi) is 6.31. The first-order valence-corrected chi connectivity index (χ1v) is 14.9. The van der Waals surface area contributed by atoms with Gasteiger partial charge in [0.05, 0.1) is 11.8 Å². The number of ether oxygens (including phenoxy) is 4. The Hall–Kier alpha value is -1.39. The van der Waals surface area contributed by atoms with E-state index in [4.69, 9.17) is 18.9 Å². The minimum Gasteiger partial charge on any atom is -0.458 e. The molecule has 0 radical (unpaired) electrons. The van der Waals surface area contributed by atoms with Crippen molar-refractivity contribution in [2.24, 2.45) is 47.3 Å². The van der Waals surface area contributed by atoms with E-state index in [2.05, 4.69) is 6.92 Å². The summed E-state index contributed by atoms with van der Waals surface area (Å²) in [6.07, 6.45) is 6.60. The molecule has 9 heteroatoms. The lowest BCUT2D eigenvalue weighted by atomic mass is 9.49. The summed E-state index contributed by atoms with van der Waals surface area (Å²) in [4.78, 5) is 51.1. The van der Waals surface area contributed by atoms with Crippen LogP contribution in [0.15, 0.2) is 0 Å². The highest BCUT2D eigenvalue weighted by Crippen LogP contribution is 2.63. The number of alkyl halides is 1. The molecule has 6 saturated carbocycles. The van der Waals surface area contributed by atoms with E-state index >= 15 is 0 Å². The SMILES string of the molecule is CCC(I)C(=O)OCC(=O)OC1C2CC3C1OC(=O)C3C2C(=O)OC1(CC)C2CC3CC(C2)CC1C3. The molecule has 198 valence electrons. The standard InChI is InChI=1S/C27H35IO8/c1-3-18(28)24(30)33-11-19(29)34-22-17-10-16-20(25(31)35-23(16)22)21(17)26(32)36-27(4-2)14-6-12-5-13(8-14)9-15(27)7-12/h12-18,20-23H,3-11H2,1-2H3. The van der Waals surface area contributed by atoms with Gasteiger partial charge < -0.3 is 18.9 Å². The number of hydrogen-bond acceptors (Lipinski definition) is 8. The summed E-state index contributed by atoms with van der Waals surface area (Å²) in [5.41, 5.74) is -0.441. The highest BCUT2D eigenvalue weighted by molar-refractivity contribution is 14.1. The summed E-state index contributed by atoms with van der Waals surface area (Å²) < 4.78 is 22.6. The number of rotatable bonds is 8. The van der Waals surface area contributed by atoms with Crippen LogP contribution in [-0.2, 0) is 38.1 Å². The summed E-state index contributed by atoms with van der Waals surface area (Å²) in [5, 5.41) is 0. The third kappa shape index (κ3) is 3.72. The fraction of sp³-hybridized carbons (Fsp3) is 0.852. The Morgan fingerprint density at radius 2 is 1.69 bits per heavy atom. The number of esters is 4. The van der Waals surface area contributed by atoms with E-state index in [0.29, 0.717) is 24.7 Å². The fourth-order valence-corrected chi connectivity index (χ4v) is 9.27. The van der Waals surface area contributed by atoms with Crippen LogP contribution in [0.1, 0.15) is 65.2 Å². The largest absolute Gasteiger partial charge is 0.458 e. The number of carbonyl (C=O) groups is 4. The highest BCUT2D eigenvalue weighted by Gasteiger charge is 2.71. The van der Waals surface area contributed by atoms with Crippen molar-refractivity contribution < 1.29 is 38.1 Å². The number of halogens is 1. The fourth-order valence-electron chi connectivity index (χ4n) is 9.10. The zero-order chi connectivity index (χ0) is 25.4. The minimum atomic E-state index is -0.709. The van der Waals surface area contributed by atoms with Gasteiger partial charge in [-0.1, -0.05) is 36.4 Å². The molecule has 1 aliphatic heterocycles. The van der Waals surface area contributed by atoms with E-state index in [1.807, 2.05) is 29.5 Å². The van der Waals surface area contributed by atoms with Crippen molar-refractivity contribution in [3.05, 3.63) is 0 Å². The molecular weight excluding hydrogens is 579 g/mol. The summed E-state index contributed by atoms with van der Waals surface area (Å²) in [6.45, 7) is 3.50. The van der Waals surface area contributed by atoms with E-state index in [9.17, 15) is 19.2 Å². The number of hydrogen-bond donors (Lipinski definition) is 0. The van der Waals surface area contributed by atoms with Crippen LogP contribution in [0.3, 0.4) is 0 Å². The van der Waals surface area contributed by atoms with Crippen LogP contribution in [0.5, 0.6) is 0 Å². The van der Waals surface area contributed by atoms with Gasteiger partial charge in [0.2, 0.25) is 0 Å². The zero-order valence-electron chi connectivity index (χ0n) is 20.9. The summed E-state index contributed by atoms with van der Waals surface area (Å²) >= 11 is 1.97. The molecule has 0 aromatic heterocycles. The molecule has 7 rings (SSSR count). The summed E-state index contributed by atoms with van der Waals surface area (Å²) in [5.74, 6) is -1.15. The van der Waals surface area contributed by atoms with E-state index in [1.165, 1.54) is 6.42 Å². The molecule has 1 heterocycles. The van der Waals surface area contributed by atoms with E-state index in [1.54, 1.807) is 0 Å². The summed E-state index contributed by atoms with van der Waals surface area (Å²) in [7, 11) is 0. The number of carbonyl (C=O) groups excluding carboxylic acids is 4. The van der Waals surface area contributed by atoms with Crippen molar-refractivity contribution in [1.29, 1.82) is 0 Å². The van der Waals surface area contributed by atoms with Gasteiger partial charge in [0.15, 0.2) is 6.61 Å². The molecule has 0 amide bonds. The topological polar surface area (TPSA) is 105 Å². The maximum absolute atomic E-state index is 13.8. The van der Waals surface area contributed by atoms with Gasteiger partial charge in [-0.15, -0.1) is 0 Å². The predicted molar refractivity (Wildman–Crippen MR) is 134 cm³/mol. The van der Waals surface area contributed by atoms with Crippen LogP contribution in [-0.4, -0.2) is 52.2 Å². The molecule has 7 aliphatic rings. The minimum absolute atomic E-state index is 0.143. The Balaban J connectivity index is 1.16. The van der Waals surface area contributed by atoms with E-state index in [0.717, 1.165) is 43.9 Å². The first-order valence-electron chi connectivity index (χ1n) is 13.7. The second-order valence-corrected chi connectivity index (χ2v) is 13.5. The third-order valence-corrected chi connectivity index (χ3v) is 11.8. The molecule has 7 atom stereocenters. The molecular formula is C27H35IO8. The Morgan fingerprint density at radius 3 is 2.31 bits per heavy atom. The lowest BCUT2D eigenvalue weighted by Gasteiger charge is -2.60. The third-order valence-electron chi connectivity index (χ3n) is 10.4. The van der Waals surface area contributed by atoms with Crippen LogP contribution in [0.2, 0.25) is 0 Å². The molecule has 7 unspecified atom stereocenters.